The molecule has 7 heteroatoms. The molecule has 3 aromatic rings. The molecule has 0 saturated heterocycles. The van der Waals surface area contributed by atoms with Crippen molar-refractivity contribution in [1.29, 1.82) is 0 Å². The number of nitrogens with one attached hydrogen (secondary N) is 1. The van der Waals surface area contributed by atoms with Gasteiger partial charge in [-0.15, -0.1) is 0 Å². The summed E-state index contributed by atoms with van der Waals surface area (Å²) in [5.74, 6) is 0.611. The molecule has 1 amide bonds. The van der Waals surface area contributed by atoms with Gasteiger partial charge in [0.2, 0.25) is 5.89 Å². The third-order valence-corrected chi connectivity index (χ3v) is 3.99. The van der Waals surface area contributed by atoms with Crippen LogP contribution >= 0.6 is 23.2 Å². The van der Waals surface area contributed by atoms with Crippen LogP contribution in [-0.4, -0.2) is 18.0 Å². The lowest BCUT2D eigenvalue weighted by molar-refractivity contribution is 0.102. The summed E-state index contributed by atoms with van der Waals surface area (Å²) in [6.45, 7) is 0. The smallest absolute Gasteiger partial charge is 0.277 e. The molecule has 0 bridgehead atoms. The second-order valence-corrected chi connectivity index (χ2v) is 5.66. The molecule has 0 unspecified atom stereocenters. The third-order valence-electron chi connectivity index (χ3n) is 3.25. The molecule has 0 saturated carbocycles. The molecule has 1 N–H and O–H groups in total. The Morgan fingerprint density at radius 1 is 1.12 bits per heavy atom. The molecular weight excluding hydrogens is 351 g/mol. The van der Waals surface area contributed by atoms with E-state index in [0.717, 1.165) is 0 Å². The van der Waals surface area contributed by atoms with Crippen LogP contribution in [0.15, 0.2) is 53.1 Å². The first-order chi connectivity index (χ1) is 11.6. The van der Waals surface area contributed by atoms with Crippen molar-refractivity contribution in [3.8, 4) is 17.2 Å². The summed E-state index contributed by atoms with van der Waals surface area (Å²) < 4.78 is 10.4. The fourth-order valence-corrected chi connectivity index (χ4v) is 2.31. The summed E-state index contributed by atoms with van der Waals surface area (Å²) in [5.41, 5.74) is 1.42. The number of halogens is 2. The number of methoxy groups -OCH3 is 1. The van der Waals surface area contributed by atoms with Crippen molar-refractivity contribution in [2.75, 3.05) is 12.4 Å². The van der Waals surface area contributed by atoms with E-state index in [1.165, 1.54) is 6.26 Å². The van der Waals surface area contributed by atoms with Gasteiger partial charge in [-0.1, -0.05) is 23.2 Å². The molecule has 0 aliphatic heterocycles. The lowest BCUT2D eigenvalue weighted by atomic mass is 10.2. The van der Waals surface area contributed by atoms with Crippen LogP contribution in [0.25, 0.3) is 11.5 Å². The summed E-state index contributed by atoms with van der Waals surface area (Å²) in [4.78, 5) is 16.4. The van der Waals surface area contributed by atoms with Gasteiger partial charge in [0.15, 0.2) is 5.69 Å². The standard InChI is InChI=1S/C17H12Cl2N2O3/c1-23-12-5-3-11(4-6-12)20-16(22)15-9-24-17(21-15)10-2-7-13(18)14(19)8-10/h2-9H,1H3,(H,20,22). The Bertz CT molecular complexity index is 876. The number of oxazole rings is 1. The zero-order valence-electron chi connectivity index (χ0n) is 12.5. The van der Waals surface area contributed by atoms with Crippen LogP contribution in [0.1, 0.15) is 10.5 Å². The van der Waals surface area contributed by atoms with Gasteiger partial charge in [0.1, 0.15) is 12.0 Å². The zero-order valence-corrected chi connectivity index (χ0v) is 14.1. The fraction of sp³-hybridized carbons (Fsp3) is 0.0588. The third kappa shape index (κ3) is 3.53. The van der Waals surface area contributed by atoms with Crippen LogP contribution < -0.4 is 10.1 Å². The maximum Gasteiger partial charge on any atom is 0.277 e. The SMILES string of the molecule is COc1ccc(NC(=O)c2coc(-c3ccc(Cl)c(Cl)c3)n2)cc1. The summed E-state index contributed by atoms with van der Waals surface area (Å²) in [5, 5.41) is 3.55. The maximum atomic E-state index is 12.2. The minimum absolute atomic E-state index is 0.159. The van der Waals surface area contributed by atoms with Crippen LogP contribution in [0.2, 0.25) is 10.0 Å². The summed E-state index contributed by atoms with van der Waals surface area (Å²) in [6, 6.07) is 11.9. The molecule has 0 atom stereocenters. The molecule has 1 heterocycles. The summed E-state index contributed by atoms with van der Waals surface area (Å²) in [6.07, 6.45) is 1.29. The fourth-order valence-electron chi connectivity index (χ4n) is 2.01. The number of carbonyl (C=O) groups excluding carboxylic acids is 1. The van der Waals surface area contributed by atoms with E-state index in [9.17, 15) is 4.79 Å². The number of nitrogens with zero attached hydrogens (tertiary/aromatic N) is 1. The highest BCUT2D eigenvalue weighted by molar-refractivity contribution is 6.42. The average molecular weight is 363 g/mol. The van der Waals surface area contributed by atoms with E-state index in [4.69, 9.17) is 32.4 Å². The first-order valence-corrected chi connectivity index (χ1v) is 7.69. The van der Waals surface area contributed by atoms with Gasteiger partial charge >= 0.3 is 0 Å². The normalized spacial score (nSPS) is 10.5. The van der Waals surface area contributed by atoms with Crippen molar-refractivity contribution in [3.05, 3.63) is 64.5 Å². The Labute approximate surface area is 148 Å². The van der Waals surface area contributed by atoms with Gasteiger partial charge in [-0.25, -0.2) is 4.98 Å². The number of ether oxygens (including phenoxy) is 1. The molecule has 5 nitrogen and oxygen atoms in total. The molecular formula is C17H12Cl2N2O3. The molecule has 0 spiro atoms. The summed E-state index contributed by atoms with van der Waals surface area (Å²) in [7, 11) is 1.58. The van der Waals surface area contributed by atoms with Gasteiger partial charge in [0.05, 0.1) is 17.2 Å². The minimum atomic E-state index is -0.379. The zero-order chi connectivity index (χ0) is 17.1. The van der Waals surface area contributed by atoms with E-state index >= 15 is 0 Å². The van der Waals surface area contributed by atoms with Gasteiger partial charge in [-0.2, -0.15) is 0 Å². The van der Waals surface area contributed by atoms with Crippen molar-refractivity contribution >= 4 is 34.8 Å². The molecule has 0 fully saturated rings. The lowest BCUT2D eigenvalue weighted by Gasteiger charge is -2.04. The molecule has 0 aliphatic carbocycles. The lowest BCUT2D eigenvalue weighted by Crippen LogP contribution is -2.12. The van der Waals surface area contributed by atoms with Crippen molar-refractivity contribution < 1.29 is 13.9 Å². The largest absolute Gasteiger partial charge is 0.497 e. The predicted molar refractivity (Wildman–Crippen MR) is 92.9 cm³/mol. The van der Waals surface area contributed by atoms with Crippen molar-refractivity contribution in [2.45, 2.75) is 0 Å². The van der Waals surface area contributed by atoms with Gasteiger partial charge in [-0.3, -0.25) is 4.79 Å². The molecule has 3 rings (SSSR count). The minimum Gasteiger partial charge on any atom is -0.497 e. The van der Waals surface area contributed by atoms with Gasteiger partial charge < -0.3 is 14.5 Å². The van der Waals surface area contributed by atoms with E-state index in [-0.39, 0.29) is 17.5 Å². The molecule has 24 heavy (non-hydrogen) atoms. The highest BCUT2D eigenvalue weighted by Gasteiger charge is 2.14. The Morgan fingerprint density at radius 3 is 2.54 bits per heavy atom. The van der Waals surface area contributed by atoms with Gasteiger partial charge in [0.25, 0.3) is 5.91 Å². The average Bonchev–Trinajstić information content (AvgIpc) is 3.08. The van der Waals surface area contributed by atoms with Crippen molar-refractivity contribution in [2.24, 2.45) is 0 Å². The highest BCUT2D eigenvalue weighted by Crippen LogP contribution is 2.28. The Morgan fingerprint density at radius 2 is 1.88 bits per heavy atom. The van der Waals surface area contributed by atoms with Crippen molar-refractivity contribution in [1.82, 2.24) is 4.98 Å². The number of aromatic nitrogens is 1. The number of benzene rings is 2. The number of rotatable bonds is 4. The Balaban J connectivity index is 1.76. The number of anilines is 1. The van der Waals surface area contributed by atoms with Crippen LogP contribution in [0, 0.1) is 0 Å². The molecule has 0 aliphatic rings. The molecule has 2 aromatic carbocycles. The topological polar surface area (TPSA) is 64.4 Å². The van der Waals surface area contributed by atoms with E-state index in [2.05, 4.69) is 10.3 Å². The quantitative estimate of drug-likeness (QED) is 0.715. The first-order valence-electron chi connectivity index (χ1n) is 6.93. The second-order valence-electron chi connectivity index (χ2n) is 4.85. The van der Waals surface area contributed by atoms with Crippen molar-refractivity contribution in [3.63, 3.8) is 0 Å². The van der Waals surface area contributed by atoms with Crippen LogP contribution in [0.4, 0.5) is 5.69 Å². The van der Waals surface area contributed by atoms with E-state index in [0.29, 0.717) is 27.0 Å². The van der Waals surface area contributed by atoms with Gasteiger partial charge in [-0.05, 0) is 42.5 Å². The maximum absolute atomic E-state index is 12.2. The molecule has 1 aromatic heterocycles. The van der Waals surface area contributed by atoms with E-state index < -0.39 is 0 Å². The Kier molecular flexibility index (Phi) is 4.74. The molecule has 0 radical (unpaired) electrons. The van der Waals surface area contributed by atoms with E-state index in [1.807, 2.05) is 0 Å². The number of hydrogen-bond acceptors (Lipinski definition) is 4. The summed E-state index contributed by atoms with van der Waals surface area (Å²) >= 11 is 11.9. The first kappa shape index (κ1) is 16.4. The monoisotopic (exact) mass is 362 g/mol. The Hall–Kier alpha value is -2.50. The van der Waals surface area contributed by atoms with Crippen LogP contribution in [0.3, 0.4) is 0 Å². The second kappa shape index (κ2) is 6.95. The number of hydrogen-bond donors (Lipinski definition) is 1. The molecule has 122 valence electrons. The number of carbonyl (C=O) groups is 1. The van der Waals surface area contributed by atoms with Gasteiger partial charge in [0, 0.05) is 11.3 Å². The van der Waals surface area contributed by atoms with E-state index in [1.54, 1.807) is 49.6 Å². The van der Waals surface area contributed by atoms with Crippen LogP contribution in [0.5, 0.6) is 5.75 Å². The number of amides is 1. The van der Waals surface area contributed by atoms with Crippen LogP contribution in [-0.2, 0) is 0 Å². The highest BCUT2D eigenvalue weighted by atomic mass is 35.5. The predicted octanol–water partition coefficient (Wildman–Crippen LogP) is 4.91.